The molecule has 0 radical (unpaired) electrons. The van der Waals surface area contributed by atoms with Crippen molar-refractivity contribution in [3.8, 4) is 0 Å². The first-order valence-electron chi connectivity index (χ1n) is 9.80. The minimum Gasteiger partial charge on any atom is -0.478 e. The molecule has 0 aliphatic carbocycles. The van der Waals surface area contributed by atoms with Gasteiger partial charge in [-0.2, -0.15) is 9.41 Å². The number of carbonyl (C=O) groups excluding carboxylic acids is 1. The third-order valence-electron chi connectivity index (χ3n) is 4.60. The molecule has 8 nitrogen and oxygen atoms in total. The van der Waals surface area contributed by atoms with Gasteiger partial charge >= 0.3 is 5.97 Å². The van der Waals surface area contributed by atoms with E-state index in [1.54, 1.807) is 24.3 Å². The van der Waals surface area contributed by atoms with E-state index in [4.69, 9.17) is 28.3 Å². The number of rotatable bonds is 9. The Morgan fingerprint density at radius 2 is 1.47 bits per heavy atom. The van der Waals surface area contributed by atoms with Crippen LogP contribution in [0.25, 0.3) is 0 Å². The average molecular weight is 520 g/mol. The van der Waals surface area contributed by atoms with Crippen LogP contribution in [0.5, 0.6) is 0 Å². The first-order chi connectivity index (χ1) is 16.1. The number of hydrogen-bond acceptors (Lipinski definition) is 5. The zero-order chi connectivity index (χ0) is 24.7. The quantitative estimate of drug-likeness (QED) is 0.327. The van der Waals surface area contributed by atoms with E-state index < -0.39 is 28.4 Å². The second kappa shape index (κ2) is 11.3. The monoisotopic (exact) mass is 519 g/mol. The number of carbonyl (C=O) groups is 2. The van der Waals surface area contributed by atoms with Crippen molar-refractivity contribution in [1.29, 1.82) is 0 Å². The number of carboxylic acid groups (broad SMARTS) is 1. The fourth-order valence-corrected chi connectivity index (χ4v) is 4.50. The van der Waals surface area contributed by atoms with E-state index >= 15 is 0 Å². The number of benzene rings is 3. The minimum atomic E-state index is -4.04. The van der Waals surface area contributed by atoms with Gasteiger partial charge in [0.2, 0.25) is 10.0 Å². The molecule has 0 saturated carbocycles. The van der Waals surface area contributed by atoms with Crippen LogP contribution in [-0.2, 0) is 21.4 Å². The van der Waals surface area contributed by atoms with Crippen molar-refractivity contribution >= 4 is 51.3 Å². The lowest BCUT2D eigenvalue weighted by Crippen LogP contribution is -2.39. The highest BCUT2D eigenvalue weighted by atomic mass is 35.5. The van der Waals surface area contributed by atoms with Crippen molar-refractivity contribution in [1.82, 2.24) is 9.73 Å². The van der Waals surface area contributed by atoms with E-state index in [0.29, 0.717) is 21.2 Å². The number of nitrogens with one attached hydrogen (secondary N) is 1. The summed E-state index contributed by atoms with van der Waals surface area (Å²) < 4.78 is 27.5. The first-order valence-corrected chi connectivity index (χ1v) is 12.0. The largest absolute Gasteiger partial charge is 0.478 e. The summed E-state index contributed by atoms with van der Waals surface area (Å²) in [6, 6.07) is 18.1. The van der Waals surface area contributed by atoms with Gasteiger partial charge in [0.1, 0.15) is 0 Å². The maximum Gasteiger partial charge on any atom is 0.335 e. The molecule has 0 atom stereocenters. The average Bonchev–Trinajstić information content (AvgIpc) is 2.80. The molecule has 0 saturated heterocycles. The van der Waals surface area contributed by atoms with Crippen molar-refractivity contribution in [2.24, 2.45) is 5.10 Å². The molecular weight excluding hydrogens is 501 g/mol. The molecule has 0 fully saturated rings. The predicted molar refractivity (Wildman–Crippen MR) is 130 cm³/mol. The molecule has 176 valence electrons. The smallest absolute Gasteiger partial charge is 0.335 e. The van der Waals surface area contributed by atoms with Gasteiger partial charge in [-0.1, -0.05) is 47.5 Å². The number of halogens is 2. The van der Waals surface area contributed by atoms with Gasteiger partial charge in [0.15, 0.2) is 0 Å². The highest BCUT2D eigenvalue weighted by Gasteiger charge is 2.27. The summed E-state index contributed by atoms with van der Waals surface area (Å²) in [5.41, 5.74) is 3.60. The van der Waals surface area contributed by atoms with Gasteiger partial charge in [0, 0.05) is 16.6 Å². The summed E-state index contributed by atoms with van der Waals surface area (Å²) >= 11 is 11.8. The Morgan fingerprint density at radius 3 is 2.03 bits per heavy atom. The molecule has 3 aromatic rings. The lowest BCUT2D eigenvalue weighted by molar-refractivity contribution is -0.121. The zero-order valence-corrected chi connectivity index (χ0v) is 19.9. The number of hydrogen-bond donors (Lipinski definition) is 2. The van der Waals surface area contributed by atoms with Crippen LogP contribution in [0.1, 0.15) is 21.5 Å². The Labute approximate surface area is 206 Å². The lowest BCUT2D eigenvalue weighted by Gasteiger charge is -2.21. The molecule has 0 bridgehead atoms. The minimum absolute atomic E-state index is 0.0133. The third kappa shape index (κ3) is 6.88. The predicted octanol–water partition coefficient (Wildman–Crippen LogP) is 4.03. The van der Waals surface area contributed by atoms with E-state index in [9.17, 15) is 18.0 Å². The first kappa shape index (κ1) is 25.4. The van der Waals surface area contributed by atoms with Gasteiger partial charge in [-0.15, -0.1) is 0 Å². The van der Waals surface area contributed by atoms with Crippen LogP contribution < -0.4 is 5.43 Å². The molecule has 2 N–H and O–H groups in total. The Morgan fingerprint density at radius 1 is 0.912 bits per heavy atom. The lowest BCUT2D eigenvalue weighted by atomic mass is 10.1. The van der Waals surface area contributed by atoms with E-state index in [1.807, 2.05) is 0 Å². The SMILES string of the molecule is O=C(CN(Cc1ccc(Cl)cc1)S(=O)(=O)c1ccc(Cl)cc1)N/N=C\c1ccc(C(=O)O)cc1. The topological polar surface area (TPSA) is 116 Å². The van der Waals surface area contributed by atoms with Crippen LogP contribution in [0, 0.1) is 0 Å². The van der Waals surface area contributed by atoms with Gasteiger partial charge < -0.3 is 5.11 Å². The molecule has 0 heterocycles. The summed E-state index contributed by atoms with van der Waals surface area (Å²) in [6.45, 7) is -0.571. The maximum absolute atomic E-state index is 13.2. The summed E-state index contributed by atoms with van der Waals surface area (Å²) in [5.74, 6) is -1.72. The van der Waals surface area contributed by atoms with Crippen LogP contribution in [0.3, 0.4) is 0 Å². The molecule has 34 heavy (non-hydrogen) atoms. The molecule has 11 heteroatoms. The van der Waals surface area contributed by atoms with Crippen LogP contribution in [0.4, 0.5) is 0 Å². The maximum atomic E-state index is 13.2. The van der Waals surface area contributed by atoms with Crippen molar-refractivity contribution in [3.63, 3.8) is 0 Å². The van der Waals surface area contributed by atoms with Crippen molar-refractivity contribution in [2.45, 2.75) is 11.4 Å². The summed E-state index contributed by atoms with van der Waals surface area (Å²) in [4.78, 5) is 23.4. The van der Waals surface area contributed by atoms with E-state index in [0.717, 1.165) is 4.31 Å². The number of sulfonamides is 1. The Balaban J connectivity index is 1.75. The molecule has 3 rings (SSSR count). The highest BCUT2D eigenvalue weighted by molar-refractivity contribution is 7.89. The second-order valence-electron chi connectivity index (χ2n) is 7.07. The fourth-order valence-electron chi connectivity index (χ4n) is 2.86. The summed E-state index contributed by atoms with van der Waals surface area (Å²) in [7, 11) is -4.04. The number of aromatic carboxylic acids is 1. The van der Waals surface area contributed by atoms with Crippen LogP contribution in [0.15, 0.2) is 82.8 Å². The summed E-state index contributed by atoms with van der Waals surface area (Å²) in [5, 5.41) is 13.6. The molecule has 1 amide bonds. The molecule has 0 aliphatic rings. The van der Waals surface area contributed by atoms with E-state index in [-0.39, 0.29) is 17.0 Å². The Hall–Kier alpha value is -3.24. The van der Waals surface area contributed by atoms with Crippen molar-refractivity contribution in [2.75, 3.05) is 6.54 Å². The van der Waals surface area contributed by atoms with Crippen LogP contribution >= 0.6 is 23.2 Å². The summed E-state index contributed by atoms with van der Waals surface area (Å²) in [6.07, 6.45) is 1.32. The Bertz CT molecular complexity index is 1290. The number of amides is 1. The number of nitrogens with zero attached hydrogens (tertiary/aromatic N) is 2. The van der Waals surface area contributed by atoms with Gasteiger partial charge in [-0.3, -0.25) is 4.79 Å². The van der Waals surface area contributed by atoms with Crippen LogP contribution in [0.2, 0.25) is 10.0 Å². The zero-order valence-electron chi connectivity index (χ0n) is 17.6. The molecule has 3 aromatic carbocycles. The Kier molecular flexibility index (Phi) is 8.41. The second-order valence-corrected chi connectivity index (χ2v) is 9.88. The number of hydrazone groups is 1. The molecule has 0 aliphatic heterocycles. The van der Waals surface area contributed by atoms with Gasteiger partial charge in [0.05, 0.1) is 23.2 Å². The molecule has 0 spiro atoms. The standard InChI is InChI=1S/C23H19Cl2N3O5S/c24-19-7-3-17(4-8-19)14-28(34(32,33)21-11-9-20(25)10-12-21)15-22(29)27-26-13-16-1-5-18(6-2-16)23(30)31/h1-13H,14-15H2,(H,27,29)(H,30,31)/b26-13-. The van der Waals surface area contributed by atoms with E-state index in [2.05, 4.69) is 10.5 Å². The van der Waals surface area contributed by atoms with Crippen LogP contribution in [-0.4, -0.2) is 42.5 Å². The van der Waals surface area contributed by atoms with E-state index in [1.165, 1.54) is 54.7 Å². The van der Waals surface area contributed by atoms with Gasteiger partial charge in [-0.25, -0.2) is 18.6 Å². The number of carboxylic acids is 1. The molecular formula is C23H19Cl2N3O5S. The van der Waals surface area contributed by atoms with Gasteiger partial charge in [-0.05, 0) is 59.7 Å². The van der Waals surface area contributed by atoms with Crippen molar-refractivity contribution < 1.29 is 23.1 Å². The molecule has 0 aromatic heterocycles. The highest BCUT2D eigenvalue weighted by Crippen LogP contribution is 2.21. The normalized spacial score (nSPS) is 11.6. The van der Waals surface area contributed by atoms with Crippen molar-refractivity contribution in [3.05, 3.63) is 99.5 Å². The molecule has 0 unspecified atom stereocenters. The third-order valence-corrected chi connectivity index (χ3v) is 6.91. The van der Waals surface area contributed by atoms with Gasteiger partial charge in [0.25, 0.3) is 5.91 Å². The fraction of sp³-hybridized carbons (Fsp3) is 0.0870.